The minimum absolute atomic E-state index is 0.0997. The first-order chi connectivity index (χ1) is 8.42. The average Bonchev–Trinajstić information content (AvgIpc) is 2.72. The molecule has 0 atom stereocenters. The zero-order valence-electron chi connectivity index (χ0n) is 9.58. The van der Waals surface area contributed by atoms with Crippen LogP contribution in [0, 0.1) is 0 Å². The molecule has 0 unspecified atom stereocenters. The monoisotopic (exact) mass is 267 g/mol. The van der Waals surface area contributed by atoms with Crippen molar-refractivity contribution < 1.29 is 27.4 Å². The first-order valence-electron chi connectivity index (χ1n) is 5.15. The molecule has 102 valence electrons. The van der Waals surface area contributed by atoms with Gasteiger partial charge in [0.1, 0.15) is 12.4 Å². The number of aromatic amines is 1. The summed E-state index contributed by atoms with van der Waals surface area (Å²) >= 11 is 0. The van der Waals surface area contributed by atoms with Crippen LogP contribution in [0.25, 0.3) is 0 Å². The van der Waals surface area contributed by atoms with Gasteiger partial charge in [0.15, 0.2) is 0 Å². The van der Waals surface area contributed by atoms with Gasteiger partial charge in [-0.05, 0) is 6.92 Å². The molecular weight excluding hydrogens is 255 g/mol. The smallest absolute Gasteiger partial charge is 0.411 e. The fraction of sp³-hybridized carbons (Fsp3) is 0.667. The summed E-state index contributed by atoms with van der Waals surface area (Å²) in [6.07, 6.45) is -4.25. The van der Waals surface area contributed by atoms with Gasteiger partial charge in [-0.3, -0.25) is 5.10 Å². The molecule has 6 nitrogen and oxygen atoms in total. The normalized spacial score (nSPS) is 11.6. The SMILES string of the molecule is CCOC(=O)c1n[nH]c(CCOCC(F)(F)F)n1. The Morgan fingerprint density at radius 1 is 1.44 bits per heavy atom. The number of halogens is 3. The fourth-order valence-electron chi connectivity index (χ4n) is 1.05. The molecule has 0 aliphatic rings. The van der Waals surface area contributed by atoms with E-state index in [0.29, 0.717) is 0 Å². The van der Waals surface area contributed by atoms with E-state index in [2.05, 4.69) is 24.7 Å². The van der Waals surface area contributed by atoms with Crippen LogP contribution in [0.1, 0.15) is 23.4 Å². The van der Waals surface area contributed by atoms with Gasteiger partial charge in [0.2, 0.25) is 0 Å². The number of carbonyl (C=O) groups is 1. The summed E-state index contributed by atoms with van der Waals surface area (Å²) in [5, 5.41) is 5.99. The van der Waals surface area contributed by atoms with Crippen LogP contribution in [0.4, 0.5) is 13.2 Å². The third kappa shape index (κ3) is 5.13. The van der Waals surface area contributed by atoms with Crippen molar-refractivity contribution in [2.75, 3.05) is 19.8 Å². The van der Waals surface area contributed by atoms with E-state index in [9.17, 15) is 18.0 Å². The van der Waals surface area contributed by atoms with E-state index in [1.165, 1.54) is 0 Å². The molecule has 9 heteroatoms. The maximum absolute atomic E-state index is 11.8. The van der Waals surface area contributed by atoms with Gasteiger partial charge in [0.05, 0.1) is 13.2 Å². The summed E-state index contributed by atoms with van der Waals surface area (Å²) in [4.78, 5) is 14.9. The van der Waals surface area contributed by atoms with Crippen molar-refractivity contribution >= 4 is 5.97 Å². The number of hydrogen-bond acceptors (Lipinski definition) is 5. The highest BCUT2D eigenvalue weighted by molar-refractivity contribution is 5.84. The van der Waals surface area contributed by atoms with Gasteiger partial charge in [-0.25, -0.2) is 9.78 Å². The number of aromatic nitrogens is 3. The van der Waals surface area contributed by atoms with E-state index in [-0.39, 0.29) is 31.3 Å². The van der Waals surface area contributed by atoms with E-state index < -0.39 is 18.8 Å². The molecule has 0 aliphatic heterocycles. The molecule has 1 N–H and O–H groups in total. The number of alkyl halides is 3. The van der Waals surface area contributed by atoms with Crippen LogP contribution in [0.2, 0.25) is 0 Å². The number of ether oxygens (including phenoxy) is 2. The molecule has 0 radical (unpaired) electrons. The second kappa shape index (κ2) is 6.34. The predicted molar refractivity (Wildman–Crippen MR) is 52.9 cm³/mol. The van der Waals surface area contributed by atoms with Gasteiger partial charge >= 0.3 is 12.1 Å². The molecule has 0 spiro atoms. The second-order valence-corrected chi connectivity index (χ2v) is 3.24. The number of nitrogens with one attached hydrogen (secondary N) is 1. The zero-order valence-corrected chi connectivity index (χ0v) is 9.58. The van der Waals surface area contributed by atoms with Crippen LogP contribution in [-0.4, -0.2) is 47.1 Å². The number of H-pyrrole nitrogens is 1. The molecular formula is C9H12F3N3O3. The average molecular weight is 267 g/mol. The van der Waals surface area contributed by atoms with Gasteiger partial charge in [-0.2, -0.15) is 13.2 Å². The Balaban J connectivity index is 2.33. The van der Waals surface area contributed by atoms with Crippen LogP contribution in [-0.2, 0) is 15.9 Å². The zero-order chi connectivity index (χ0) is 13.6. The predicted octanol–water partition coefficient (Wildman–Crippen LogP) is 1.10. The van der Waals surface area contributed by atoms with E-state index in [1.54, 1.807) is 6.92 Å². The van der Waals surface area contributed by atoms with Crippen molar-refractivity contribution in [3.63, 3.8) is 0 Å². The standard InChI is InChI=1S/C9H12F3N3O3/c1-2-18-8(16)7-13-6(14-15-7)3-4-17-5-9(10,11)12/h2-5H2,1H3,(H,13,14,15). The maximum atomic E-state index is 11.8. The van der Waals surface area contributed by atoms with Crippen molar-refractivity contribution in [1.29, 1.82) is 0 Å². The summed E-state index contributed by atoms with van der Waals surface area (Å²) in [5.74, 6) is -0.570. The van der Waals surface area contributed by atoms with Crippen molar-refractivity contribution in [2.24, 2.45) is 0 Å². The van der Waals surface area contributed by atoms with Gasteiger partial charge < -0.3 is 9.47 Å². The second-order valence-electron chi connectivity index (χ2n) is 3.24. The quantitative estimate of drug-likeness (QED) is 0.617. The Morgan fingerprint density at radius 2 is 2.17 bits per heavy atom. The highest BCUT2D eigenvalue weighted by Gasteiger charge is 2.27. The molecule has 1 aromatic rings. The number of hydrogen-bond donors (Lipinski definition) is 1. The lowest BCUT2D eigenvalue weighted by Crippen LogP contribution is -2.18. The molecule has 0 saturated heterocycles. The number of nitrogens with zero attached hydrogens (tertiary/aromatic N) is 2. The van der Waals surface area contributed by atoms with Crippen LogP contribution in [0.3, 0.4) is 0 Å². The van der Waals surface area contributed by atoms with Gasteiger partial charge in [-0.1, -0.05) is 0 Å². The molecule has 1 aromatic heterocycles. The Kier molecular flexibility index (Phi) is 5.08. The molecule has 0 saturated carbocycles. The van der Waals surface area contributed by atoms with Crippen molar-refractivity contribution in [3.05, 3.63) is 11.6 Å². The summed E-state index contributed by atoms with van der Waals surface area (Å²) in [6.45, 7) is 0.344. The van der Waals surface area contributed by atoms with Crippen LogP contribution < -0.4 is 0 Å². The topological polar surface area (TPSA) is 77.1 Å². The molecule has 0 amide bonds. The number of rotatable bonds is 6. The van der Waals surface area contributed by atoms with Crippen LogP contribution in [0.15, 0.2) is 0 Å². The largest absolute Gasteiger partial charge is 0.460 e. The van der Waals surface area contributed by atoms with E-state index in [0.717, 1.165) is 0 Å². The third-order valence-electron chi connectivity index (χ3n) is 1.74. The van der Waals surface area contributed by atoms with Crippen molar-refractivity contribution in [3.8, 4) is 0 Å². The van der Waals surface area contributed by atoms with Gasteiger partial charge in [-0.15, -0.1) is 5.10 Å². The van der Waals surface area contributed by atoms with Gasteiger partial charge in [0.25, 0.3) is 5.82 Å². The summed E-state index contributed by atoms with van der Waals surface area (Å²) in [7, 11) is 0. The Morgan fingerprint density at radius 3 is 2.78 bits per heavy atom. The third-order valence-corrected chi connectivity index (χ3v) is 1.74. The summed E-state index contributed by atoms with van der Waals surface area (Å²) in [5.41, 5.74) is 0. The molecule has 0 aromatic carbocycles. The molecule has 0 bridgehead atoms. The molecule has 1 heterocycles. The van der Waals surface area contributed by atoms with E-state index in [4.69, 9.17) is 0 Å². The molecule has 18 heavy (non-hydrogen) atoms. The first-order valence-corrected chi connectivity index (χ1v) is 5.15. The lowest BCUT2D eigenvalue weighted by Gasteiger charge is -2.05. The highest BCUT2D eigenvalue weighted by atomic mass is 19.4. The minimum Gasteiger partial charge on any atom is -0.460 e. The lowest BCUT2D eigenvalue weighted by molar-refractivity contribution is -0.173. The molecule has 0 aliphatic carbocycles. The number of carbonyl (C=O) groups excluding carboxylic acids is 1. The van der Waals surface area contributed by atoms with Crippen LogP contribution in [0.5, 0.6) is 0 Å². The van der Waals surface area contributed by atoms with Crippen molar-refractivity contribution in [1.82, 2.24) is 15.2 Å². The van der Waals surface area contributed by atoms with E-state index >= 15 is 0 Å². The minimum atomic E-state index is -4.35. The fourth-order valence-corrected chi connectivity index (χ4v) is 1.05. The number of esters is 1. The van der Waals surface area contributed by atoms with Gasteiger partial charge in [0, 0.05) is 6.42 Å². The van der Waals surface area contributed by atoms with Crippen molar-refractivity contribution in [2.45, 2.75) is 19.5 Å². The van der Waals surface area contributed by atoms with E-state index in [1.807, 2.05) is 0 Å². The highest BCUT2D eigenvalue weighted by Crippen LogP contribution is 2.14. The Labute approximate surface area is 100 Å². The summed E-state index contributed by atoms with van der Waals surface area (Å²) in [6, 6.07) is 0. The first kappa shape index (κ1) is 14.4. The maximum Gasteiger partial charge on any atom is 0.411 e. The molecule has 1 rings (SSSR count). The Bertz CT molecular complexity index is 392. The lowest BCUT2D eigenvalue weighted by atomic mass is 10.4. The molecule has 0 fully saturated rings. The van der Waals surface area contributed by atoms with Crippen LogP contribution >= 0.6 is 0 Å². The Hall–Kier alpha value is -1.64. The summed E-state index contributed by atoms with van der Waals surface area (Å²) < 4.78 is 44.3.